The molecule has 1 aliphatic rings. The first kappa shape index (κ1) is 15.9. The van der Waals surface area contributed by atoms with E-state index in [9.17, 15) is 5.11 Å². The minimum Gasteiger partial charge on any atom is -0.395 e. The molecule has 0 aromatic rings. The van der Waals surface area contributed by atoms with Crippen molar-refractivity contribution in [1.29, 1.82) is 0 Å². The molecule has 108 valence electrons. The summed E-state index contributed by atoms with van der Waals surface area (Å²) in [7, 11) is 2.09. The molecule has 0 aromatic heterocycles. The lowest BCUT2D eigenvalue weighted by atomic mass is 9.76. The minimum atomic E-state index is 0.270. The fraction of sp³-hybridized carbons (Fsp3) is 1.00. The largest absolute Gasteiger partial charge is 0.395 e. The molecule has 0 saturated heterocycles. The molecule has 3 atom stereocenters. The molecule has 18 heavy (non-hydrogen) atoms. The molecule has 0 heterocycles. The zero-order valence-electron chi connectivity index (χ0n) is 12.7. The van der Waals surface area contributed by atoms with Crippen LogP contribution in [0.25, 0.3) is 0 Å². The lowest BCUT2D eigenvalue weighted by Gasteiger charge is -2.39. The Kier molecular flexibility index (Phi) is 7.20. The van der Waals surface area contributed by atoms with Crippen LogP contribution in [-0.2, 0) is 0 Å². The van der Waals surface area contributed by atoms with Crippen LogP contribution in [0, 0.1) is 11.8 Å². The number of hydrogen-bond acceptors (Lipinski definition) is 3. The maximum Gasteiger partial charge on any atom is 0.0558 e. The van der Waals surface area contributed by atoms with Gasteiger partial charge < -0.3 is 10.4 Å². The first-order valence-corrected chi connectivity index (χ1v) is 7.64. The van der Waals surface area contributed by atoms with Gasteiger partial charge in [0.1, 0.15) is 0 Å². The highest BCUT2D eigenvalue weighted by Crippen LogP contribution is 2.32. The zero-order chi connectivity index (χ0) is 13.5. The third-order valence-corrected chi connectivity index (χ3v) is 4.63. The molecule has 3 unspecified atom stereocenters. The average Bonchev–Trinajstić information content (AvgIpc) is 2.37. The molecule has 3 nitrogen and oxygen atoms in total. The number of rotatable bonds is 7. The molecular formula is C15H32N2O. The van der Waals surface area contributed by atoms with Gasteiger partial charge in [-0.2, -0.15) is 0 Å². The van der Waals surface area contributed by atoms with E-state index in [1.807, 2.05) is 0 Å². The van der Waals surface area contributed by atoms with Gasteiger partial charge in [0.05, 0.1) is 6.61 Å². The fourth-order valence-electron chi connectivity index (χ4n) is 3.30. The van der Waals surface area contributed by atoms with Crippen molar-refractivity contribution in [2.24, 2.45) is 11.8 Å². The standard InChI is InChI=1S/C15H32N2O/c1-5-13-6-7-15(16-4)14(10-13)11-17(8-9-18)12(2)3/h12-16,18H,5-11H2,1-4H3. The van der Waals surface area contributed by atoms with E-state index in [0.29, 0.717) is 12.1 Å². The van der Waals surface area contributed by atoms with E-state index in [4.69, 9.17) is 0 Å². The smallest absolute Gasteiger partial charge is 0.0558 e. The number of aliphatic hydroxyl groups is 1. The van der Waals surface area contributed by atoms with Gasteiger partial charge in [-0.3, -0.25) is 4.90 Å². The van der Waals surface area contributed by atoms with Gasteiger partial charge in [0.25, 0.3) is 0 Å². The first-order valence-electron chi connectivity index (χ1n) is 7.64. The molecule has 0 spiro atoms. The van der Waals surface area contributed by atoms with Crippen LogP contribution in [0.2, 0.25) is 0 Å². The van der Waals surface area contributed by atoms with E-state index in [1.165, 1.54) is 25.7 Å². The van der Waals surface area contributed by atoms with E-state index in [2.05, 4.69) is 38.0 Å². The van der Waals surface area contributed by atoms with E-state index >= 15 is 0 Å². The monoisotopic (exact) mass is 256 g/mol. The van der Waals surface area contributed by atoms with Gasteiger partial charge in [0.15, 0.2) is 0 Å². The average molecular weight is 256 g/mol. The molecule has 0 bridgehead atoms. The van der Waals surface area contributed by atoms with Crippen molar-refractivity contribution in [3.8, 4) is 0 Å². The number of aliphatic hydroxyl groups excluding tert-OH is 1. The van der Waals surface area contributed by atoms with Gasteiger partial charge in [0.2, 0.25) is 0 Å². The second kappa shape index (κ2) is 8.13. The summed E-state index contributed by atoms with van der Waals surface area (Å²) >= 11 is 0. The van der Waals surface area contributed by atoms with Gasteiger partial charge in [-0.25, -0.2) is 0 Å². The molecular weight excluding hydrogens is 224 g/mol. The van der Waals surface area contributed by atoms with Gasteiger partial charge in [-0.1, -0.05) is 13.3 Å². The summed E-state index contributed by atoms with van der Waals surface area (Å²) < 4.78 is 0. The summed E-state index contributed by atoms with van der Waals surface area (Å²) in [5, 5.41) is 12.7. The van der Waals surface area contributed by atoms with E-state index in [0.717, 1.165) is 24.9 Å². The summed E-state index contributed by atoms with van der Waals surface area (Å²) in [6, 6.07) is 1.18. The van der Waals surface area contributed by atoms with Gasteiger partial charge in [-0.15, -0.1) is 0 Å². The molecule has 0 aromatic carbocycles. The van der Waals surface area contributed by atoms with Crippen molar-refractivity contribution in [3.63, 3.8) is 0 Å². The van der Waals surface area contributed by atoms with E-state index < -0.39 is 0 Å². The first-order chi connectivity index (χ1) is 8.62. The number of hydrogen-bond donors (Lipinski definition) is 2. The van der Waals surface area contributed by atoms with Crippen molar-refractivity contribution in [2.75, 3.05) is 26.7 Å². The maximum atomic E-state index is 9.18. The number of nitrogens with zero attached hydrogens (tertiary/aromatic N) is 1. The third kappa shape index (κ3) is 4.52. The highest BCUT2D eigenvalue weighted by atomic mass is 16.3. The van der Waals surface area contributed by atoms with E-state index in [1.54, 1.807) is 0 Å². The quantitative estimate of drug-likeness (QED) is 0.732. The Balaban J connectivity index is 2.58. The Morgan fingerprint density at radius 1 is 1.33 bits per heavy atom. The Morgan fingerprint density at radius 2 is 2.06 bits per heavy atom. The van der Waals surface area contributed by atoms with Crippen LogP contribution < -0.4 is 5.32 Å². The van der Waals surface area contributed by atoms with Crippen LogP contribution in [0.1, 0.15) is 46.5 Å². The van der Waals surface area contributed by atoms with Crippen molar-refractivity contribution >= 4 is 0 Å². The minimum absolute atomic E-state index is 0.270. The van der Waals surface area contributed by atoms with Gasteiger partial charge in [-0.05, 0) is 52.0 Å². The predicted octanol–water partition coefficient (Wildman–Crippen LogP) is 2.10. The topological polar surface area (TPSA) is 35.5 Å². The summed E-state index contributed by atoms with van der Waals surface area (Å²) in [5.41, 5.74) is 0. The highest BCUT2D eigenvalue weighted by molar-refractivity contribution is 4.86. The molecule has 1 fully saturated rings. The molecule has 2 N–H and O–H groups in total. The molecule has 0 aliphatic heterocycles. The normalized spacial score (nSPS) is 29.2. The number of nitrogens with one attached hydrogen (secondary N) is 1. The SMILES string of the molecule is CCC1CCC(NC)C(CN(CCO)C(C)C)C1. The fourth-order valence-corrected chi connectivity index (χ4v) is 3.30. The predicted molar refractivity (Wildman–Crippen MR) is 77.8 cm³/mol. The lowest BCUT2D eigenvalue weighted by Crippen LogP contribution is -2.47. The molecule has 1 rings (SSSR count). The second-order valence-electron chi connectivity index (χ2n) is 6.05. The Morgan fingerprint density at radius 3 is 2.56 bits per heavy atom. The summed E-state index contributed by atoms with van der Waals surface area (Å²) in [5.74, 6) is 1.64. The summed E-state index contributed by atoms with van der Waals surface area (Å²) in [6.45, 7) is 8.97. The Labute approximate surface area is 113 Å². The van der Waals surface area contributed by atoms with Crippen LogP contribution in [0.4, 0.5) is 0 Å². The summed E-state index contributed by atoms with van der Waals surface area (Å²) in [4.78, 5) is 2.42. The Bertz CT molecular complexity index is 221. The zero-order valence-corrected chi connectivity index (χ0v) is 12.7. The summed E-state index contributed by atoms with van der Waals surface area (Å²) in [6.07, 6.45) is 5.34. The van der Waals surface area contributed by atoms with Crippen molar-refractivity contribution < 1.29 is 5.11 Å². The molecule has 0 radical (unpaired) electrons. The van der Waals surface area contributed by atoms with Crippen LogP contribution in [0.3, 0.4) is 0 Å². The second-order valence-corrected chi connectivity index (χ2v) is 6.05. The van der Waals surface area contributed by atoms with Crippen LogP contribution in [0.5, 0.6) is 0 Å². The molecule has 1 aliphatic carbocycles. The van der Waals surface area contributed by atoms with Crippen LogP contribution in [-0.4, -0.2) is 48.8 Å². The maximum absolute atomic E-state index is 9.18. The molecule has 0 amide bonds. The third-order valence-electron chi connectivity index (χ3n) is 4.63. The van der Waals surface area contributed by atoms with E-state index in [-0.39, 0.29) is 6.61 Å². The van der Waals surface area contributed by atoms with Gasteiger partial charge >= 0.3 is 0 Å². The van der Waals surface area contributed by atoms with Crippen molar-refractivity contribution in [2.45, 2.75) is 58.5 Å². The Hall–Kier alpha value is -0.120. The molecule has 3 heteroatoms. The van der Waals surface area contributed by atoms with Gasteiger partial charge in [0, 0.05) is 25.2 Å². The van der Waals surface area contributed by atoms with Crippen molar-refractivity contribution in [1.82, 2.24) is 10.2 Å². The van der Waals surface area contributed by atoms with Crippen LogP contribution in [0.15, 0.2) is 0 Å². The highest BCUT2D eigenvalue weighted by Gasteiger charge is 2.30. The van der Waals surface area contributed by atoms with Crippen molar-refractivity contribution in [3.05, 3.63) is 0 Å². The molecule has 1 saturated carbocycles. The lowest BCUT2D eigenvalue weighted by molar-refractivity contribution is 0.103. The van der Waals surface area contributed by atoms with Crippen LogP contribution >= 0.6 is 0 Å².